The van der Waals surface area contributed by atoms with E-state index < -0.39 is 11.2 Å². The van der Waals surface area contributed by atoms with Crippen molar-refractivity contribution in [3.05, 3.63) is 106 Å². The standard InChI is InChI=1S/C25H18BrN3O2S/c26-18-11-13-20(14-12-18)29-24(31)22(15-17-7-3-1-4-8-17)32-25(29)21(16-27)23(30)28-19-9-5-2-6-10-19/h1-14,22H,15H2,(H,28,30)/b25-21-. The van der Waals surface area contributed by atoms with Gasteiger partial charge in [-0.3, -0.25) is 14.5 Å². The molecule has 0 aliphatic carbocycles. The zero-order valence-corrected chi connectivity index (χ0v) is 19.3. The number of hydrogen-bond donors (Lipinski definition) is 1. The van der Waals surface area contributed by atoms with Crippen LogP contribution in [-0.4, -0.2) is 17.1 Å². The van der Waals surface area contributed by atoms with Crippen LogP contribution in [0.4, 0.5) is 11.4 Å². The molecule has 1 atom stereocenters. The molecule has 158 valence electrons. The molecule has 1 heterocycles. The number of amides is 2. The number of anilines is 2. The molecule has 1 N–H and O–H groups in total. The third-order valence-electron chi connectivity index (χ3n) is 4.89. The molecule has 1 fully saturated rings. The molecule has 5 nitrogen and oxygen atoms in total. The molecular weight excluding hydrogens is 486 g/mol. The number of rotatable bonds is 5. The fourth-order valence-electron chi connectivity index (χ4n) is 3.36. The van der Waals surface area contributed by atoms with Gasteiger partial charge in [0.15, 0.2) is 0 Å². The van der Waals surface area contributed by atoms with Crippen LogP contribution < -0.4 is 10.2 Å². The van der Waals surface area contributed by atoms with Gasteiger partial charge in [-0.05, 0) is 48.4 Å². The van der Waals surface area contributed by atoms with E-state index in [-0.39, 0.29) is 11.5 Å². The van der Waals surface area contributed by atoms with Crippen molar-refractivity contribution < 1.29 is 9.59 Å². The molecule has 7 heteroatoms. The number of carbonyl (C=O) groups is 2. The first kappa shape index (κ1) is 21.9. The van der Waals surface area contributed by atoms with Gasteiger partial charge in [0.1, 0.15) is 16.7 Å². The van der Waals surface area contributed by atoms with E-state index in [0.717, 1.165) is 10.0 Å². The summed E-state index contributed by atoms with van der Waals surface area (Å²) in [5.74, 6) is -0.701. The highest BCUT2D eigenvalue weighted by Gasteiger charge is 2.40. The number of para-hydroxylation sites is 1. The Morgan fingerprint density at radius 3 is 2.25 bits per heavy atom. The molecule has 1 aliphatic heterocycles. The number of nitrogens with zero attached hydrogens (tertiary/aromatic N) is 2. The topological polar surface area (TPSA) is 73.2 Å². The molecule has 0 bridgehead atoms. The van der Waals surface area contributed by atoms with Gasteiger partial charge < -0.3 is 5.32 Å². The van der Waals surface area contributed by atoms with E-state index in [4.69, 9.17) is 0 Å². The van der Waals surface area contributed by atoms with Crippen LogP contribution in [0.15, 0.2) is 100 Å². The lowest BCUT2D eigenvalue weighted by Gasteiger charge is -2.19. The van der Waals surface area contributed by atoms with Crippen molar-refractivity contribution >= 4 is 50.9 Å². The average molecular weight is 504 g/mol. The Morgan fingerprint density at radius 2 is 1.62 bits per heavy atom. The minimum atomic E-state index is -0.545. The minimum absolute atomic E-state index is 0.0920. The van der Waals surface area contributed by atoms with Gasteiger partial charge in [0.2, 0.25) is 5.91 Å². The molecule has 0 aromatic heterocycles. The number of nitrogens with one attached hydrogen (secondary N) is 1. The maximum Gasteiger partial charge on any atom is 0.269 e. The van der Waals surface area contributed by atoms with E-state index >= 15 is 0 Å². The van der Waals surface area contributed by atoms with Crippen LogP contribution in [0.3, 0.4) is 0 Å². The number of hydrogen-bond acceptors (Lipinski definition) is 4. The normalized spacial score (nSPS) is 17.1. The summed E-state index contributed by atoms with van der Waals surface area (Å²) in [4.78, 5) is 27.9. The first-order chi connectivity index (χ1) is 15.6. The number of carbonyl (C=O) groups excluding carboxylic acids is 2. The van der Waals surface area contributed by atoms with Crippen LogP contribution in [0, 0.1) is 11.3 Å². The Morgan fingerprint density at radius 1 is 1.00 bits per heavy atom. The first-order valence-corrected chi connectivity index (χ1v) is 11.5. The molecule has 0 radical (unpaired) electrons. The van der Waals surface area contributed by atoms with Crippen molar-refractivity contribution in [3.63, 3.8) is 0 Å². The monoisotopic (exact) mass is 503 g/mol. The molecule has 2 amide bonds. The molecule has 1 saturated heterocycles. The van der Waals surface area contributed by atoms with Crippen molar-refractivity contribution in [2.75, 3.05) is 10.2 Å². The predicted octanol–water partition coefficient (Wildman–Crippen LogP) is 5.51. The maximum atomic E-state index is 13.4. The number of halogens is 1. The summed E-state index contributed by atoms with van der Waals surface area (Å²) < 4.78 is 0.870. The Labute approximate surface area is 198 Å². The van der Waals surface area contributed by atoms with Crippen molar-refractivity contribution in [1.82, 2.24) is 0 Å². The molecule has 4 rings (SSSR count). The smallest absolute Gasteiger partial charge is 0.269 e. The quantitative estimate of drug-likeness (QED) is 0.367. The number of benzene rings is 3. The second kappa shape index (κ2) is 9.86. The fourth-order valence-corrected chi connectivity index (χ4v) is 4.93. The lowest BCUT2D eigenvalue weighted by atomic mass is 10.1. The maximum absolute atomic E-state index is 13.4. The summed E-state index contributed by atoms with van der Waals surface area (Å²) in [7, 11) is 0. The van der Waals surface area contributed by atoms with Gasteiger partial charge in [-0.15, -0.1) is 0 Å². The molecule has 3 aromatic carbocycles. The average Bonchev–Trinajstić information content (AvgIpc) is 3.12. The van der Waals surface area contributed by atoms with Gasteiger partial charge in [-0.1, -0.05) is 76.2 Å². The van der Waals surface area contributed by atoms with Gasteiger partial charge >= 0.3 is 0 Å². The van der Waals surface area contributed by atoms with E-state index in [1.54, 1.807) is 36.4 Å². The largest absolute Gasteiger partial charge is 0.321 e. The van der Waals surface area contributed by atoms with E-state index in [1.807, 2.05) is 54.6 Å². The van der Waals surface area contributed by atoms with Crippen LogP contribution >= 0.6 is 27.7 Å². The van der Waals surface area contributed by atoms with Crippen molar-refractivity contribution in [1.29, 1.82) is 5.26 Å². The van der Waals surface area contributed by atoms with Gasteiger partial charge in [0.25, 0.3) is 5.91 Å². The fraction of sp³-hybridized carbons (Fsp3) is 0.0800. The highest BCUT2D eigenvalue weighted by atomic mass is 79.9. The molecule has 0 spiro atoms. The first-order valence-electron chi connectivity index (χ1n) is 9.87. The predicted molar refractivity (Wildman–Crippen MR) is 131 cm³/mol. The van der Waals surface area contributed by atoms with Crippen LogP contribution in [0.25, 0.3) is 0 Å². The summed E-state index contributed by atoms with van der Waals surface area (Å²) in [6, 6.07) is 27.9. The summed E-state index contributed by atoms with van der Waals surface area (Å²) in [5, 5.41) is 12.5. The van der Waals surface area contributed by atoms with Crippen molar-refractivity contribution in [3.8, 4) is 6.07 Å². The second-order valence-electron chi connectivity index (χ2n) is 7.06. The Hall–Kier alpha value is -3.34. The lowest BCUT2D eigenvalue weighted by molar-refractivity contribution is -0.117. The third kappa shape index (κ3) is 4.77. The third-order valence-corrected chi connectivity index (χ3v) is 6.68. The highest BCUT2D eigenvalue weighted by Crippen LogP contribution is 2.42. The Balaban J connectivity index is 1.73. The van der Waals surface area contributed by atoms with E-state index in [1.165, 1.54) is 16.7 Å². The Bertz CT molecular complexity index is 1210. The second-order valence-corrected chi connectivity index (χ2v) is 9.17. The van der Waals surface area contributed by atoms with Gasteiger partial charge in [-0.25, -0.2) is 0 Å². The summed E-state index contributed by atoms with van der Waals surface area (Å²) >= 11 is 4.66. The lowest BCUT2D eigenvalue weighted by Crippen LogP contribution is -2.30. The molecule has 32 heavy (non-hydrogen) atoms. The van der Waals surface area contributed by atoms with Gasteiger partial charge in [0.05, 0.1) is 5.25 Å². The van der Waals surface area contributed by atoms with Crippen LogP contribution in [0.5, 0.6) is 0 Å². The van der Waals surface area contributed by atoms with Gasteiger partial charge in [0, 0.05) is 15.8 Å². The van der Waals surface area contributed by atoms with Crippen molar-refractivity contribution in [2.45, 2.75) is 11.7 Å². The van der Waals surface area contributed by atoms with E-state index in [2.05, 4.69) is 21.2 Å². The van der Waals surface area contributed by atoms with Crippen LogP contribution in [0.2, 0.25) is 0 Å². The van der Waals surface area contributed by atoms with Gasteiger partial charge in [-0.2, -0.15) is 5.26 Å². The van der Waals surface area contributed by atoms with Crippen molar-refractivity contribution in [2.24, 2.45) is 0 Å². The molecule has 1 aliphatic rings. The van der Waals surface area contributed by atoms with Crippen LogP contribution in [0.1, 0.15) is 5.56 Å². The number of thioether (sulfide) groups is 1. The molecule has 0 saturated carbocycles. The molecular formula is C25H18BrN3O2S. The summed E-state index contributed by atoms with van der Waals surface area (Å²) in [5.41, 5.74) is 2.11. The SMILES string of the molecule is N#C/C(C(=O)Nc1ccccc1)=C1/SC(Cc2ccccc2)C(=O)N1c1ccc(Br)cc1. The van der Waals surface area contributed by atoms with E-state index in [0.29, 0.717) is 22.8 Å². The van der Waals surface area contributed by atoms with Crippen LogP contribution in [-0.2, 0) is 16.0 Å². The zero-order valence-electron chi connectivity index (χ0n) is 16.9. The summed E-state index contributed by atoms with van der Waals surface area (Å²) in [6.07, 6.45) is 0.500. The number of nitriles is 1. The molecule has 1 unspecified atom stereocenters. The zero-order chi connectivity index (χ0) is 22.5. The Kier molecular flexibility index (Phi) is 6.74. The van der Waals surface area contributed by atoms with E-state index in [9.17, 15) is 14.9 Å². The minimum Gasteiger partial charge on any atom is -0.321 e. The highest BCUT2D eigenvalue weighted by molar-refractivity contribution is 9.10. The molecule has 3 aromatic rings. The summed E-state index contributed by atoms with van der Waals surface area (Å²) in [6.45, 7) is 0.